The number of rotatable bonds is 0. The van der Waals surface area contributed by atoms with Gasteiger partial charge in [0.05, 0.1) is 0 Å². The lowest BCUT2D eigenvalue weighted by Gasteiger charge is -2.41. The van der Waals surface area contributed by atoms with E-state index in [1.54, 1.807) is 0 Å². The van der Waals surface area contributed by atoms with Crippen molar-refractivity contribution in [3.63, 3.8) is 0 Å². The normalized spacial score (nSPS) is 35.1. The Morgan fingerprint density at radius 3 is 3.00 bits per heavy atom. The topological polar surface area (TPSA) is 3.24 Å². The summed E-state index contributed by atoms with van der Waals surface area (Å²) in [5.41, 5.74) is 1.18. The molecule has 0 aromatic carbocycles. The van der Waals surface area contributed by atoms with E-state index in [1.165, 1.54) is 31.4 Å². The van der Waals surface area contributed by atoms with Crippen LogP contribution in [0, 0.1) is 5.92 Å². The second-order valence-corrected chi connectivity index (χ2v) is 3.98. The maximum Gasteiger partial charge on any atom is 0.0349 e. The number of likely N-dealkylation sites (N-methyl/N-ethyl adjacent to an activating group) is 1. The van der Waals surface area contributed by atoms with E-state index in [0.717, 1.165) is 12.0 Å². The minimum atomic E-state index is 0.747. The number of nitrogens with zero attached hydrogens (tertiary/aromatic N) is 1. The van der Waals surface area contributed by atoms with E-state index in [2.05, 4.69) is 30.7 Å². The monoisotopic (exact) mass is 163 g/mol. The van der Waals surface area contributed by atoms with Crippen LogP contribution in [0.1, 0.15) is 25.7 Å². The highest BCUT2D eigenvalue weighted by Gasteiger charge is 2.29. The lowest BCUT2D eigenvalue weighted by Crippen LogP contribution is -2.40. The summed E-state index contributed by atoms with van der Waals surface area (Å²) in [7, 11) is 2.18. The van der Waals surface area contributed by atoms with Gasteiger partial charge >= 0.3 is 0 Å². The van der Waals surface area contributed by atoms with Gasteiger partial charge in [0.25, 0.3) is 0 Å². The molecule has 1 nitrogen and oxygen atoms in total. The van der Waals surface area contributed by atoms with E-state index in [1.807, 2.05) is 0 Å². The van der Waals surface area contributed by atoms with Gasteiger partial charge < -0.3 is 4.90 Å². The number of hydrogen-bond acceptors (Lipinski definition) is 1. The van der Waals surface area contributed by atoms with Gasteiger partial charge in [0.1, 0.15) is 0 Å². The first-order valence-electron chi connectivity index (χ1n) is 4.89. The Labute approximate surface area is 74.8 Å². The molecule has 0 bridgehead atoms. The van der Waals surface area contributed by atoms with Crippen molar-refractivity contribution >= 4 is 0 Å². The molecule has 0 N–H and O–H groups in total. The fourth-order valence-corrected chi connectivity index (χ4v) is 2.41. The molecule has 1 aliphatic heterocycles. The van der Waals surface area contributed by atoms with Crippen LogP contribution in [0.2, 0.25) is 0 Å². The number of allylic oxidation sites excluding steroid dienone is 1. The molecule has 2 rings (SSSR count). The van der Waals surface area contributed by atoms with E-state index in [4.69, 9.17) is 0 Å². The molecule has 0 spiro atoms. The standard InChI is InChI=1S/C11H17N/c1-9-7-8-10-5-3-4-6-11(10)12(9)2/h7-8,10-11H,1,3-6H2,2H3. The third-order valence-electron chi connectivity index (χ3n) is 3.27. The fourth-order valence-electron chi connectivity index (χ4n) is 2.41. The van der Waals surface area contributed by atoms with Crippen molar-refractivity contribution in [1.29, 1.82) is 0 Å². The minimum absolute atomic E-state index is 0.747. The van der Waals surface area contributed by atoms with Gasteiger partial charge in [-0.2, -0.15) is 0 Å². The molecular formula is C11H17N. The van der Waals surface area contributed by atoms with Gasteiger partial charge in [-0.15, -0.1) is 0 Å². The zero-order valence-electron chi connectivity index (χ0n) is 7.79. The first-order chi connectivity index (χ1) is 5.79. The molecule has 12 heavy (non-hydrogen) atoms. The van der Waals surface area contributed by atoms with Crippen LogP contribution in [-0.2, 0) is 0 Å². The Hall–Kier alpha value is -0.720. The summed E-state index contributed by atoms with van der Waals surface area (Å²) >= 11 is 0. The highest BCUT2D eigenvalue weighted by atomic mass is 15.1. The lowest BCUT2D eigenvalue weighted by molar-refractivity contribution is 0.186. The summed E-state index contributed by atoms with van der Waals surface area (Å²) < 4.78 is 0. The molecule has 0 radical (unpaired) electrons. The number of fused-ring (bicyclic) bond motifs is 1. The molecule has 1 saturated carbocycles. The molecule has 0 aromatic rings. The van der Waals surface area contributed by atoms with Crippen molar-refractivity contribution in [2.45, 2.75) is 31.7 Å². The molecule has 0 amide bonds. The average molecular weight is 163 g/mol. The first kappa shape index (κ1) is 7.90. The van der Waals surface area contributed by atoms with Gasteiger partial charge in [-0.1, -0.05) is 25.5 Å². The van der Waals surface area contributed by atoms with Gasteiger partial charge in [-0.25, -0.2) is 0 Å². The zero-order chi connectivity index (χ0) is 8.55. The quantitative estimate of drug-likeness (QED) is 0.530. The largest absolute Gasteiger partial charge is 0.372 e. The van der Waals surface area contributed by atoms with Crippen LogP contribution < -0.4 is 0 Å². The Morgan fingerprint density at radius 2 is 2.17 bits per heavy atom. The molecule has 2 aliphatic rings. The molecule has 0 aromatic heterocycles. The zero-order valence-corrected chi connectivity index (χ0v) is 7.79. The van der Waals surface area contributed by atoms with Crippen LogP contribution in [-0.4, -0.2) is 18.0 Å². The van der Waals surface area contributed by atoms with Gasteiger partial charge in [0, 0.05) is 18.8 Å². The third kappa shape index (κ3) is 1.17. The molecule has 66 valence electrons. The third-order valence-corrected chi connectivity index (χ3v) is 3.27. The fraction of sp³-hybridized carbons (Fsp3) is 0.636. The predicted octanol–water partition coefficient (Wildman–Crippen LogP) is 2.56. The maximum absolute atomic E-state index is 4.03. The minimum Gasteiger partial charge on any atom is -0.372 e. The van der Waals surface area contributed by atoms with Gasteiger partial charge in [0.2, 0.25) is 0 Å². The molecule has 1 heterocycles. The Morgan fingerprint density at radius 1 is 1.42 bits per heavy atom. The van der Waals surface area contributed by atoms with Crippen LogP contribution in [0.25, 0.3) is 0 Å². The van der Waals surface area contributed by atoms with Crippen molar-refractivity contribution in [2.24, 2.45) is 5.92 Å². The summed E-state index contributed by atoms with van der Waals surface area (Å²) in [4.78, 5) is 2.35. The van der Waals surface area contributed by atoms with Gasteiger partial charge in [0.15, 0.2) is 0 Å². The van der Waals surface area contributed by atoms with Crippen LogP contribution in [0.15, 0.2) is 24.4 Å². The molecular weight excluding hydrogens is 146 g/mol. The average Bonchev–Trinajstić information content (AvgIpc) is 2.12. The second-order valence-electron chi connectivity index (χ2n) is 3.98. The summed E-state index contributed by atoms with van der Waals surface area (Å²) in [6.45, 7) is 4.03. The maximum atomic E-state index is 4.03. The van der Waals surface area contributed by atoms with Crippen LogP contribution in [0.5, 0.6) is 0 Å². The van der Waals surface area contributed by atoms with Gasteiger partial charge in [-0.3, -0.25) is 0 Å². The SMILES string of the molecule is C=C1C=CC2CCCCC2N1C. The highest BCUT2D eigenvalue weighted by Crippen LogP contribution is 2.33. The Balaban J connectivity index is 2.18. The van der Waals surface area contributed by atoms with Crippen molar-refractivity contribution < 1.29 is 0 Å². The molecule has 1 aliphatic carbocycles. The predicted molar refractivity (Wildman–Crippen MR) is 51.8 cm³/mol. The first-order valence-corrected chi connectivity index (χ1v) is 4.89. The molecule has 0 saturated heterocycles. The summed E-state index contributed by atoms with van der Waals surface area (Å²) in [5.74, 6) is 0.800. The van der Waals surface area contributed by atoms with Crippen molar-refractivity contribution in [1.82, 2.24) is 4.90 Å². The van der Waals surface area contributed by atoms with Crippen molar-refractivity contribution in [2.75, 3.05) is 7.05 Å². The Bertz CT molecular complexity index is 217. The summed E-state index contributed by atoms with van der Waals surface area (Å²) in [5, 5.41) is 0. The van der Waals surface area contributed by atoms with Crippen LogP contribution in [0.4, 0.5) is 0 Å². The van der Waals surface area contributed by atoms with Gasteiger partial charge in [-0.05, 0) is 24.8 Å². The van der Waals surface area contributed by atoms with E-state index >= 15 is 0 Å². The molecule has 2 atom stereocenters. The van der Waals surface area contributed by atoms with E-state index in [0.29, 0.717) is 0 Å². The van der Waals surface area contributed by atoms with E-state index in [-0.39, 0.29) is 0 Å². The van der Waals surface area contributed by atoms with Crippen molar-refractivity contribution in [3.05, 3.63) is 24.4 Å². The second kappa shape index (κ2) is 2.96. The molecule has 2 unspecified atom stereocenters. The van der Waals surface area contributed by atoms with Crippen molar-refractivity contribution in [3.8, 4) is 0 Å². The summed E-state index contributed by atoms with van der Waals surface area (Å²) in [6, 6.07) is 0.747. The Kier molecular flexibility index (Phi) is 1.95. The smallest absolute Gasteiger partial charge is 0.0349 e. The molecule has 1 heteroatoms. The van der Waals surface area contributed by atoms with Crippen LogP contribution >= 0.6 is 0 Å². The summed E-state index contributed by atoms with van der Waals surface area (Å²) in [6.07, 6.45) is 10.1. The highest BCUT2D eigenvalue weighted by molar-refractivity contribution is 5.21. The van der Waals surface area contributed by atoms with E-state index < -0.39 is 0 Å². The van der Waals surface area contributed by atoms with E-state index in [9.17, 15) is 0 Å². The molecule has 1 fully saturated rings. The lowest BCUT2D eigenvalue weighted by atomic mass is 9.81. The van der Waals surface area contributed by atoms with Crippen LogP contribution in [0.3, 0.4) is 0 Å². The number of hydrogen-bond donors (Lipinski definition) is 0.